The van der Waals surface area contributed by atoms with Gasteiger partial charge >= 0.3 is 0 Å². The van der Waals surface area contributed by atoms with Crippen LogP contribution >= 0.6 is 0 Å². The van der Waals surface area contributed by atoms with E-state index >= 15 is 4.39 Å². The first-order chi connectivity index (χ1) is 20.9. The molecule has 2 aromatic rings. The van der Waals surface area contributed by atoms with E-state index in [0.29, 0.717) is 48.6 Å². The number of unbranched alkanes of at least 4 members (excludes halogenated alkanes) is 1. The van der Waals surface area contributed by atoms with E-state index in [1.54, 1.807) is 69.8 Å². The summed E-state index contributed by atoms with van der Waals surface area (Å²) in [5.74, 6) is 2.33. The normalized spacial score (nSPS) is 23.7. The summed E-state index contributed by atoms with van der Waals surface area (Å²) < 4.78 is 25.9. The van der Waals surface area contributed by atoms with Crippen LogP contribution in [0, 0.1) is 30.5 Å². The molecule has 6 heteroatoms. The van der Waals surface area contributed by atoms with Crippen molar-refractivity contribution >= 4 is 6.41 Å². The fourth-order valence-corrected chi connectivity index (χ4v) is 7.78. The molecule has 0 spiro atoms. The molecular formula is C37H54FNO4. The van der Waals surface area contributed by atoms with Crippen molar-refractivity contribution in [1.82, 2.24) is 4.90 Å². The summed E-state index contributed by atoms with van der Waals surface area (Å²) >= 11 is 0. The standard InChI is InChI=1S/C26H34FNO4.C11H20/c1-19-14-20(16-22(15-19)32-3)25-23(9-6-10-24(25)27)26(30,11-4-5-13-31-2)21-8-7-12-28(17-21)18-29;1-2-5-11-7-3-6-10(4-1)8-9-11/h6,9-10,14-16,18,21,30H,4-5,7-8,11-13,17H2,1-3H3;10-11H,1-9H2. The molecule has 1 saturated heterocycles. The number of piperidine rings is 1. The van der Waals surface area contributed by atoms with Gasteiger partial charge < -0.3 is 19.5 Å². The molecule has 4 atom stereocenters. The topological polar surface area (TPSA) is 59.0 Å². The molecule has 4 unspecified atom stereocenters. The second-order valence-corrected chi connectivity index (χ2v) is 13.2. The molecule has 5 rings (SSSR count). The average Bonchev–Trinajstić information content (AvgIpc) is 3.17. The molecule has 238 valence electrons. The highest BCUT2D eigenvalue weighted by Crippen LogP contribution is 2.45. The molecular weight excluding hydrogens is 541 g/mol. The zero-order valence-corrected chi connectivity index (χ0v) is 26.8. The van der Waals surface area contributed by atoms with Crippen molar-refractivity contribution in [3.63, 3.8) is 0 Å². The van der Waals surface area contributed by atoms with Crippen molar-refractivity contribution < 1.29 is 23.8 Å². The Kier molecular flexibility index (Phi) is 12.9. The number of hydrogen-bond acceptors (Lipinski definition) is 4. The highest BCUT2D eigenvalue weighted by molar-refractivity contribution is 5.71. The number of aliphatic hydroxyl groups is 1. The van der Waals surface area contributed by atoms with E-state index in [1.807, 2.05) is 25.1 Å². The lowest BCUT2D eigenvalue weighted by molar-refractivity contribution is -0.123. The molecule has 2 aliphatic carbocycles. The Morgan fingerprint density at radius 2 is 1.67 bits per heavy atom. The van der Waals surface area contributed by atoms with Gasteiger partial charge in [0.2, 0.25) is 6.41 Å². The number of fused-ring (bicyclic) bond motifs is 3. The lowest BCUT2D eigenvalue weighted by Gasteiger charge is -2.43. The van der Waals surface area contributed by atoms with Gasteiger partial charge in [-0.15, -0.1) is 0 Å². The minimum atomic E-state index is -1.27. The average molecular weight is 596 g/mol. The number of rotatable bonds is 10. The molecule has 1 aliphatic heterocycles. The van der Waals surface area contributed by atoms with Gasteiger partial charge in [0.05, 0.1) is 12.7 Å². The van der Waals surface area contributed by atoms with Gasteiger partial charge in [-0.1, -0.05) is 76.0 Å². The number of likely N-dealkylation sites (tertiary alicyclic amines) is 1. The maximum absolute atomic E-state index is 15.3. The first-order valence-electron chi connectivity index (χ1n) is 16.7. The van der Waals surface area contributed by atoms with Gasteiger partial charge in [0, 0.05) is 38.3 Å². The molecule has 2 aromatic carbocycles. The Hall–Kier alpha value is -2.44. The van der Waals surface area contributed by atoms with E-state index in [-0.39, 0.29) is 11.7 Å². The van der Waals surface area contributed by atoms with Crippen molar-refractivity contribution in [3.05, 3.63) is 53.3 Å². The lowest BCUT2D eigenvalue weighted by Crippen LogP contribution is -2.46. The van der Waals surface area contributed by atoms with E-state index < -0.39 is 5.60 Å². The SMILES string of the molecule is C1CCC2CCCC(C1)CC2.COCCCCC(O)(c1cccc(F)c1-c1cc(C)cc(OC)c1)C1CCCN(C=O)C1. The molecule has 1 amide bonds. The first kappa shape index (κ1) is 33.5. The largest absolute Gasteiger partial charge is 0.497 e. The number of ether oxygens (including phenoxy) is 2. The number of benzene rings is 2. The Morgan fingerprint density at radius 3 is 2.35 bits per heavy atom. The number of amides is 1. The number of carbonyl (C=O) groups is 1. The van der Waals surface area contributed by atoms with Crippen LogP contribution < -0.4 is 4.74 Å². The molecule has 5 nitrogen and oxygen atoms in total. The molecule has 2 saturated carbocycles. The van der Waals surface area contributed by atoms with Crippen LogP contribution in [0.15, 0.2) is 36.4 Å². The predicted molar refractivity (Wildman–Crippen MR) is 172 cm³/mol. The number of hydrogen-bond donors (Lipinski definition) is 1. The molecule has 3 aliphatic rings. The first-order valence-corrected chi connectivity index (χ1v) is 16.7. The molecule has 3 fully saturated rings. The van der Waals surface area contributed by atoms with Crippen LogP contribution in [-0.4, -0.2) is 50.3 Å². The van der Waals surface area contributed by atoms with Gasteiger partial charge in [-0.25, -0.2) is 4.39 Å². The van der Waals surface area contributed by atoms with Crippen LogP contribution in [-0.2, 0) is 15.1 Å². The summed E-state index contributed by atoms with van der Waals surface area (Å²) in [6.07, 6.45) is 18.3. The summed E-state index contributed by atoms with van der Waals surface area (Å²) in [7, 11) is 3.24. The minimum absolute atomic E-state index is 0.184. The highest BCUT2D eigenvalue weighted by Gasteiger charge is 2.42. The van der Waals surface area contributed by atoms with Crippen LogP contribution in [0.4, 0.5) is 4.39 Å². The zero-order valence-electron chi connectivity index (χ0n) is 26.8. The van der Waals surface area contributed by atoms with E-state index in [2.05, 4.69) is 0 Å². The molecule has 0 aromatic heterocycles. The summed E-state index contributed by atoms with van der Waals surface area (Å²) in [5, 5.41) is 12.2. The Morgan fingerprint density at radius 1 is 0.953 bits per heavy atom. The number of methoxy groups -OCH3 is 2. The van der Waals surface area contributed by atoms with Gasteiger partial charge in [0.1, 0.15) is 11.6 Å². The number of aryl methyl sites for hydroxylation is 1. The fourth-order valence-electron chi connectivity index (χ4n) is 7.78. The van der Waals surface area contributed by atoms with Crippen LogP contribution in [0.25, 0.3) is 11.1 Å². The summed E-state index contributed by atoms with van der Waals surface area (Å²) in [6.45, 7) is 3.68. The number of carbonyl (C=O) groups excluding carboxylic acids is 1. The molecule has 0 radical (unpaired) electrons. The van der Waals surface area contributed by atoms with Crippen molar-refractivity contribution in [2.75, 3.05) is 33.9 Å². The fraction of sp³-hybridized carbons (Fsp3) is 0.649. The molecule has 1 heterocycles. The molecule has 2 bridgehead atoms. The second kappa shape index (κ2) is 16.6. The Bertz CT molecular complexity index is 1140. The third kappa shape index (κ3) is 9.04. The summed E-state index contributed by atoms with van der Waals surface area (Å²) in [5.41, 5.74) is 1.31. The van der Waals surface area contributed by atoms with E-state index in [1.165, 1.54) is 25.3 Å². The predicted octanol–water partition coefficient (Wildman–Crippen LogP) is 8.44. The van der Waals surface area contributed by atoms with Gasteiger partial charge in [-0.2, -0.15) is 0 Å². The van der Waals surface area contributed by atoms with Gasteiger partial charge in [-0.05, 0) is 85.8 Å². The maximum atomic E-state index is 15.3. The van der Waals surface area contributed by atoms with E-state index in [9.17, 15) is 9.90 Å². The van der Waals surface area contributed by atoms with E-state index in [4.69, 9.17) is 9.47 Å². The monoisotopic (exact) mass is 595 g/mol. The maximum Gasteiger partial charge on any atom is 0.209 e. The number of nitrogens with zero attached hydrogens (tertiary/aromatic N) is 1. The third-order valence-corrected chi connectivity index (χ3v) is 10.2. The van der Waals surface area contributed by atoms with Crippen molar-refractivity contribution in [2.45, 2.75) is 102 Å². The Balaban J connectivity index is 0.000000319. The molecule has 1 N–H and O–H groups in total. The summed E-state index contributed by atoms with van der Waals surface area (Å²) in [4.78, 5) is 13.2. The van der Waals surface area contributed by atoms with Crippen molar-refractivity contribution in [3.8, 4) is 16.9 Å². The van der Waals surface area contributed by atoms with Crippen LogP contribution in [0.2, 0.25) is 0 Å². The highest BCUT2D eigenvalue weighted by atomic mass is 19.1. The van der Waals surface area contributed by atoms with E-state index in [0.717, 1.165) is 49.5 Å². The van der Waals surface area contributed by atoms with Gasteiger partial charge in [0.25, 0.3) is 0 Å². The minimum Gasteiger partial charge on any atom is -0.497 e. The Labute approximate surface area is 259 Å². The lowest BCUT2D eigenvalue weighted by atomic mass is 9.72. The van der Waals surface area contributed by atoms with Crippen LogP contribution in [0.1, 0.15) is 101 Å². The van der Waals surface area contributed by atoms with Crippen molar-refractivity contribution in [2.24, 2.45) is 17.8 Å². The van der Waals surface area contributed by atoms with Crippen molar-refractivity contribution in [1.29, 1.82) is 0 Å². The quantitative estimate of drug-likeness (QED) is 0.221. The summed E-state index contributed by atoms with van der Waals surface area (Å²) in [6, 6.07) is 10.5. The second-order valence-electron chi connectivity index (χ2n) is 13.2. The van der Waals surface area contributed by atoms with Gasteiger partial charge in [0.15, 0.2) is 0 Å². The number of halogens is 1. The van der Waals surface area contributed by atoms with Crippen LogP contribution in [0.5, 0.6) is 5.75 Å². The third-order valence-electron chi connectivity index (χ3n) is 10.2. The zero-order chi connectivity index (χ0) is 30.7. The van der Waals surface area contributed by atoms with Gasteiger partial charge in [-0.3, -0.25) is 4.79 Å². The smallest absolute Gasteiger partial charge is 0.209 e. The molecule has 43 heavy (non-hydrogen) atoms. The van der Waals surface area contributed by atoms with Crippen LogP contribution in [0.3, 0.4) is 0 Å².